The van der Waals surface area contributed by atoms with Crippen LogP contribution in [0.15, 0.2) is 53.2 Å². The summed E-state index contributed by atoms with van der Waals surface area (Å²) < 4.78 is 27.1. The Kier molecular flexibility index (Phi) is 29.2. The second-order valence-electron chi connectivity index (χ2n) is 19.1. The Balaban J connectivity index is 1.96. The molecule has 0 saturated heterocycles. The van der Waals surface area contributed by atoms with E-state index in [-0.39, 0.29) is 11.9 Å². The summed E-state index contributed by atoms with van der Waals surface area (Å²) in [7, 11) is -2.39. The van der Waals surface area contributed by atoms with E-state index in [1.54, 1.807) is 0 Å². The highest BCUT2D eigenvalue weighted by Gasteiger charge is 2.35. The van der Waals surface area contributed by atoms with Crippen LogP contribution in [0.25, 0.3) is 0 Å². The van der Waals surface area contributed by atoms with Crippen LogP contribution < -0.4 is 9.47 Å². The highest BCUT2D eigenvalue weighted by molar-refractivity contribution is 9.09. The zero-order valence-corrected chi connectivity index (χ0v) is 43.4. The molecule has 2 unspecified atom stereocenters. The number of ether oxygens (including phenoxy) is 2. The Morgan fingerprint density at radius 3 is 2.00 bits per heavy atom. The molecule has 0 saturated carbocycles. The molecule has 60 heavy (non-hydrogen) atoms. The van der Waals surface area contributed by atoms with Gasteiger partial charge >= 0.3 is 8.56 Å². The van der Waals surface area contributed by atoms with Crippen LogP contribution in [-0.2, 0) is 15.3 Å². The van der Waals surface area contributed by atoms with Crippen molar-refractivity contribution in [3.8, 4) is 11.5 Å². The number of benzene rings is 1. The van der Waals surface area contributed by atoms with Crippen LogP contribution in [-0.4, -0.2) is 32.4 Å². The quantitative estimate of drug-likeness (QED) is 0.0224. The van der Waals surface area contributed by atoms with Crippen LogP contribution in [0.4, 0.5) is 0 Å². The molecule has 0 fully saturated rings. The summed E-state index contributed by atoms with van der Waals surface area (Å²) in [6.45, 7) is 23.1. The molecule has 2 atom stereocenters. The minimum atomic E-state index is -2.39. The molecule has 1 aliphatic rings. The second kappa shape index (κ2) is 32.1. The van der Waals surface area contributed by atoms with Gasteiger partial charge in [-0.1, -0.05) is 134 Å². The first-order valence-electron chi connectivity index (χ1n) is 24.7. The van der Waals surface area contributed by atoms with E-state index in [2.05, 4.69) is 121 Å². The largest absolute Gasteiger partial charge is 0.487 e. The maximum Gasteiger partial charge on any atom is 0.334 e. The second-order valence-corrected chi connectivity index (χ2v) is 23.2. The minimum absolute atomic E-state index is 0.165. The van der Waals surface area contributed by atoms with Crippen molar-refractivity contribution >= 4 is 24.5 Å². The van der Waals surface area contributed by atoms with Crippen molar-refractivity contribution in [2.75, 3.05) is 11.9 Å². The molecule has 0 spiro atoms. The lowest BCUT2D eigenvalue weighted by Gasteiger charge is -2.38. The first-order valence-corrected chi connectivity index (χ1v) is 28.7. The summed E-state index contributed by atoms with van der Waals surface area (Å²) in [5, 5.41) is 1.08. The third kappa shape index (κ3) is 24.9. The number of unbranched alkanes of at least 4 members (excludes halogenated alkanes) is 14. The first-order chi connectivity index (χ1) is 28.8. The minimum Gasteiger partial charge on any atom is -0.487 e. The van der Waals surface area contributed by atoms with E-state index in [1.165, 1.54) is 124 Å². The summed E-state index contributed by atoms with van der Waals surface area (Å²) in [5.74, 6) is 2.01. The van der Waals surface area contributed by atoms with Crippen LogP contribution in [0.2, 0.25) is 13.1 Å². The fourth-order valence-corrected chi connectivity index (χ4v) is 10.1. The van der Waals surface area contributed by atoms with Gasteiger partial charge in [0.1, 0.15) is 17.1 Å². The number of aryl methyl sites for hydroxylation is 1. The summed E-state index contributed by atoms with van der Waals surface area (Å²) in [6.07, 6.45) is 42.9. The number of alkyl halides is 1. The van der Waals surface area contributed by atoms with Crippen molar-refractivity contribution in [2.45, 2.75) is 247 Å². The molecule has 0 aliphatic carbocycles. The number of rotatable bonds is 35. The van der Waals surface area contributed by atoms with Gasteiger partial charge in [0.05, 0.1) is 0 Å². The lowest BCUT2D eigenvalue weighted by atomic mass is 9.86. The Morgan fingerprint density at radius 1 is 0.767 bits per heavy atom. The smallest absolute Gasteiger partial charge is 0.334 e. The Bertz CT molecular complexity index is 1420. The summed E-state index contributed by atoms with van der Waals surface area (Å²) in [5.41, 5.74) is 7.89. The highest BCUT2D eigenvalue weighted by Crippen LogP contribution is 2.43. The van der Waals surface area contributed by atoms with Gasteiger partial charge in [-0.2, -0.15) is 0 Å². The maximum absolute atomic E-state index is 6.91. The van der Waals surface area contributed by atoms with Crippen LogP contribution in [0.3, 0.4) is 0 Å². The van der Waals surface area contributed by atoms with E-state index in [9.17, 15) is 0 Å². The van der Waals surface area contributed by atoms with Crippen molar-refractivity contribution < 1.29 is 18.3 Å². The predicted molar refractivity (Wildman–Crippen MR) is 269 cm³/mol. The van der Waals surface area contributed by atoms with E-state index in [0.717, 1.165) is 99.6 Å². The molecule has 4 nitrogen and oxygen atoms in total. The molecule has 0 radical (unpaired) electrons. The average Bonchev–Trinajstić information content (AvgIpc) is 3.19. The molecule has 1 aromatic carbocycles. The lowest BCUT2D eigenvalue weighted by molar-refractivity contribution is -0.0312. The molecule has 344 valence electrons. The molecule has 1 heterocycles. The molecule has 1 aliphatic heterocycles. The van der Waals surface area contributed by atoms with E-state index >= 15 is 0 Å². The zero-order chi connectivity index (χ0) is 44.1. The molecule has 0 N–H and O–H groups in total. The van der Waals surface area contributed by atoms with E-state index in [1.807, 2.05) is 0 Å². The third-order valence-corrected chi connectivity index (χ3v) is 14.5. The van der Waals surface area contributed by atoms with E-state index < -0.39 is 8.56 Å². The van der Waals surface area contributed by atoms with E-state index in [0.29, 0.717) is 0 Å². The van der Waals surface area contributed by atoms with Crippen LogP contribution in [0, 0.1) is 13.8 Å². The standard InChI is InChI=1S/C54H93BrO4Si/c1-11-12-13-14-15-16-17-18-19-20-21-22-23-24-27-38-52(59-60(9,10)56-43-29-26-25-28-42-55)57-51-44-48(6)53-50(49(51)7)39-41-54(8,58-53)40-32-37-47(5)36-31-35-46(4)34-30-33-45(2)3/h18-19,33,35,37,44,52H,11-17,20-32,34,36,38-43H2,1-10H3/b19-18-,46-35+,47-37+. The van der Waals surface area contributed by atoms with Gasteiger partial charge in [0.2, 0.25) is 0 Å². The molecule has 0 amide bonds. The van der Waals surface area contributed by atoms with Gasteiger partial charge in [-0.3, -0.25) is 0 Å². The summed E-state index contributed by atoms with van der Waals surface area (Å²) >= 11 is 3.56. The first kappa shape index (κ1) is 54.5. The van der Waals surface area contributed by atoms with Crippen molar-refractivity contribution in [1.29, 1.82) is 0 Å². The van der Waals surface area contributed by atoms with Gasteiger partial charge < -0.3 is 18.3 Å². The molecule has 0 aromatic heterocycles. The predicted octanol–water partition coefficient (Wildman–Crippen LogP) is 18.0. The van der Waals surface area contributed by atoms with Gasteiger partial charge in [-0.05, 0) is 175 Å². The van der Waals surface area contributed by atoms with Crippen molar-refractivity contribution in [3.63, 3.8) is 0 Å². The molecular formula is C54H93BrO4Si. The summed E-state index contributed by atoms with van der Waals surface area (Å²) in [6, 6.07) is 2.20. The number of allylic oxidation sites excluding steroid dienone is 8. The fourth-order valence-electron chi connectivity index (χ4n) is 8.20. The zero-order valence-electron chi connectivity index (χ0n) is 40.9. The maximum atomic E-state index is 6.91. The third-order valence-electron chi connectivity index (χ3n) is 12.2. The number of fused-ring (bicyclic) bond motifs is 1. The van der Waals surface area contributed by atoms with Gasteiger partial charge in [-0.15, -0.1) is 0 Å². The van der Waals surface area contributed by atoms with Crippen LogP contribution in [0.1, 0.15) is 219 Å². The van der Waals surface area contributed by atoms with Gasteiger partial charge in [-0.25, -0.2) is 0 Å². The molecule has 2 rings (SSSR count). The van der Waals surface area contributed by atoms with Crippen molar-refractivity contribution in [2.24, 2.45) is 0 Å². The molecule has 6 heteroatoms. The molecule has 1 aromatic rings. The van der Waals surface area contributed by atoms with Gasteiger partial charge in [0.25, 0.3) is 0 Å². The Hall–Kier alpha value is -1.60. The molecule has 0 bridgehead atoms. The average molecular weight is 914 g/mol. The number of hydrogen-bond donors (Lipinski definition) is 0. The monoisotopic (exact) mass is 913 g/mol. The Labute approximate surface area is 381 Å². The van der Waals surface area contributed by atoms with Gasteiger partial charge in [0, 0.05) is 23.9 Å². The SMILES string of the molecule is CCCCCCCC/C=C\CCCCCCCC(Oc1cc(C)c2c(c1C)CCC(C)(CC/C=C(\C)CC/C=C(\C)CCC=C(C)C)O2)O[Si](C)(C)OCCCCCCBr. The lowest BCUT2D eigenvalue weighted by Crippen LogP contribution is -2.41. The summed E-state index contributed by atoms with van der Waals surface area (Å²) in [4.78, 5) is 0. The highest BCUT2D eigenvalue weighted by atomic mass is 79.9. The van der Waals surface area contributed by atoms with Gasteiger partial charge in [0.15, 0.2) is 6.29 Å². The fraction of sp³-hybridized carbons (Fsp3) is 0.741. The Morgan fingerprint density at radius 2 is 1.35 bits per heavy atom. The normalized spacial score (nSPS) is 16.6. The van der Waals surface area contributed by atoms with Crippen molar-refractivity contribution in [3.05, 3.63) is 69.9 Å². The number of halogens is 1. The number of hydrogen-bond acceptors (Lipinski definition) is 4. The van der Waals surface area contributed by atoms with E-state index in [4.69, 9.17) is 18.3 Å². The van der Waals surface area contributed by atoms with Crippen LogP contribution in [0.5, 0.6) is 11.5 Å². The van der Waals surface area contributed by atoms with Crippen molar-refractivity contribution in [1.82, 2.24) is 0 Å². The topological polar surface area (TPSA) is 36.9 Å². The molecular weight excluding hydrogens is 821 g/mol. The van der Waals surface area contributed by atoms with Crippen LogP contribution >= 0.6 is 15.9 Å².